The fraction of sp³-hybridized carbons (Fsp3) is 0.261. The maximum absolute atomic E-state index is 12.6. The second-order valence-electron chi connectivity index (χ2n) is 7.24. The molecule has 0 bridgehead atoms. The van der Waals surface area contributed by atoms with Gasteiger partial charge in [0.15, 0.2) is 0 Å². The standard InChI is InChI=1S/C23H25ClN4O3/c1-17(29)25-20-8-3-18(4-9-20)5-12-22(30)27-13-2-14-28(16-15-27)23(31)26-21-10-6-19(24)7-11-21/h3-12H,2,13-16H2,1H3,(H,25,29)(H,26,31)/b12-5+. The van der Waals surface area contributed by atoms with E-state index in [4.69, 9.17) is 11.6 Å². The lowest BCUT2D eigenvalue weighted by Gasteiger charge is -2.22. The number of benzene rings is 2. The third-order valence-electron chi connectivity index (χ3n) is 4.84. The van der Waals surface area contributed by atoms with E-state index in [0.717, 1.165) is 5.56 Å². The number of carbonyl (C=O) groups excluding carboxylic acids is 3. The van der Waals surface area contributed by atoms with Gasteiger partial charge in [0.2, 0.25) is 11.8 Å². The molecule has 2 aromatic rings. The number of anilines is 2. The summed E-state index contributed by atoms with van der Waals surface area (Å²) in [5.74, 6) is -0.221. The van der Waals surface area contributed by atoms with Crippen molar-refractivity contribution in [3.05, 3.63) is 65.2 Å². The molecule has 162 valence electrons. The van der Waals surface area contributed by atoms with Crippen LogP contribution in [0.1, 0.15) is 18.9 Å². The van der Waals surface area contributed by atoms with Gasteiger partial charge in [0, 0.05) is 55.6 Å². The van der Waals surface area contributed by atoms with Gasteiger partial charge in [-0.05, 0) is 54.5 Å². The largest absolute Gasteiger partial charge is 0.337 e. The number of nitrogens with one attached hydrogen (secondary N) is 2. The molecule has 8 heteroatoms. The minimum absolute atomic E-state index is 0.0918. The summed E-state index contributed by atoms with van der Waals surface area (Å²) in [7, 11) is 0. The maximum atomic E-state index is 12.6. The van der Waals surface area contributed by atoms with Crippen LogP contribution in [0.2, 0.25) is 5.02 Å². The molecule has 0 radical (unpaired) electrons. The summed E-state index contributed by atoms with van der Waals surface area (Å²) < 4.78 is 0. The number of halogens is 1. The summed E-state index contributed by atoms with van der Waals surface area (Å²) in [6, 6.07) is 14.0. The Labute approximate surface area is 186 Å². The average molecular weight is 441 g/mol. The Morgan fingerprint density at radius 3 is 2.10 bits per heavy atom. The molecule has 2 N–H and O–H groups in total. The second kappa shape index (κ2) is 10.6. The molecule has 7 nitrogen and oxygen atoms in total. The van der Waals surface area contributed by atoms with Crippen molar-refractivity contribution in [1.29, 1.82) is 0 Å². The van der Waals surface area contributed by atoms with Crippen LogP contribution in [-0.4, -0.2) is 53.8 Å². The summed E-state index contributed by atoms with van der Waals surface area (Å²) in [6.45, 7) is 3.56. The monoisotopic (exact) mass is 440 g/mol. The molecule has 0 saturated carbocycles. The molecule has 1 saturated heterocycles. The Balaban J connectivity index is 1.51. The van der Waals surface area contributed by atoms with Crippen molar-refractivity contribution in [2.24, 2.45) is 0 Å². The summed E-state index contributed by atoms with van der Waals surface area (Å²) in [4.78, 5) is 39.7. The zero-order chi connectivity index (χ0) is 22.2. The normalized spacial score (nSPS) is 14.3. The molecule has 1 heterocycles. The fourth-order valence-corrected chi connectivity index (χ4v) is 3.36. The van der Waals surface area contributed by atoms with E-state index in [0.29, 0.717) is 49.0 Å². The fourth-order valence-electron chi connectivity index (χ4n) is 3.23. The highest BCUT2D eigenvalue weighted by molar-refractivity contribution is 6.30. The predicted octanol–water partition coefficient (Wildman–Crippen LogP) is 4.08. The molecule has 0 spiro atoms. The molecule has 0 atom stereocenters. The van der Waals surface area contributed by atoms with Crippen molar-refractivity contribution < 1.29 is 14.4 Å². The number of urea groups is 1. The van der Waals surface area contributed by atoms with Crippen molar-refractivity contribution in [3.8, 4) is 0 Å². The molecular weight excluding hydrogens is 416 g/mol. The van der Waals surface area contributed by atoms with E-state index in [-0.39, 0.29) is 17.8 Å². The third-order valence-corrected chi connectivity index (χ3v) is 5.09. The molecule has 2 aromatic carbocycles. The summed E-state index contributed by atoms with van der Waals surface area (Å²) >= 11 is 5.87. The lowest BCUT2D eigenvalue weighted by Crippen LogP contribution is -2.39. The minimum Gasteiger partial charge on any atom is -0.337 e. The van der Waals surface area contributed by atoms with Gasteiger partial charge < -0.3 is 20.4 Å². The van der Waals surface area contributed by atoms with Gasteiger partial charge in [0.05, 0.1) is 0 Å². The lowest BCUT2D eigenvalue weighted by molar-refractivity contribution is -0.125. The van der Waals surface area contributed by atoms with Gasteiger partial charge in [-0.25, -0.2) is 4.79 Å². The highest BCUT2D eigenvalue weighted by Crippen LogP contribution is 2.15. The smallest absolute Gasteiger partial charge is 0.321 e. The van der Waals surface area contributed by atoms with Crippen LogP contribution >= 0.6 is 11.6 Å². The predicted molar refractivity (Wildman–Crippen MR) is 123 cm³/mol. The Bertz CT molecular complexity index is 958. The van der Waals surface area contributed by atoms with Crippen LogP contribution in [0.4, 0.5) is 16.2 Å². The Morgan fingerprint density at radius 2 is 1.42 bits per heavy atom. The molecule has 4 amide bonds. The molecule has 3 rings (SSSR count). The van der Waals surface area contributed by atoms with E-state index in [1.165, 1.54) is 13.0 Å². The summed E-state index contributed by atoms with van der Waals surface area (Å²) in [5, 5.41) is 6.17. The van der Waals surface area contributed by atoms with Crippen LogP contribution in [0.15, 0.2) is 54.6 Å². The number of nitrogens with zero attached hydrogens (tertiary/aromatic N) is 2. The molecule has 1 aliphatic heterocycles. The van der Waals surface area contributed by atoms with Gasteiger partial charge in [0.25, 0.3) is 0 Å². The van der Waals surface area contributed by atoms with Gasteiger partial charge in [-0.1, -0.05) is 23.7 Å². The van der Waals surface area contributed by atoms with E-state index in [2.05, 4.69) is 10.6 Å². The molecule has 1 fully saturated rings. The molecular formula is C23H25ClN4O3. The van der Waals surface area contributed by atoms with Crippen LogP contribution in [-0.2, 0) is 9.59 Å². The van der Waals surface area contributed by atoms with E-state index in [1.54, 1.807) is 52.3 Å². The van der Waals surface area contributed by atoms with Gasteiger partial charge in [-0.15, -0.1) is 0 Å². The SMILES string of the molecule is CC(=O)Nc1ccc(/C=C/C(=O)N2CCCN(C(=O)Nc3ccc(Cl)cc3)CC2)cc1. The van der Waals surface area contributed by atoms with Crippen LogP contribution in [0.5, 0.6) is 0 Å². The number of carbonyl (C=O) groups is 3. The lowest BCUT2D eigenvalue weighted by atomic mass is 10.2. The van der Waals surface area contributed by atoms with Crippen LogP contribution in [0, 0.1) is 0 Å². The maximum Gasteiger partial charge on any atom is 0.321 e. The van der Waals surface area contributed by atoms with E-state index in [1.807, 2.05) is 12.1 Å². The van der Waals surface area contributed by atoms with Crippen molar-refractivity contribution in [3.63, 3.8) is 0 Å². The first-order valence-corrected chi connectivity index (χ1v) is 10.4. The van der Waals surface area contributed by atoms with Gasteiger partial charge in [0.1, 0.15) is 0 Å². The quantitative estimate of drug-likeness (QED) is 0.703. The number of amides is 4. The van der Waals surface area contributed by atoms with Crippen molar-refractivity contribution in [2.75, 3.05) is 36.8 Å². The number of hydrogen-bond acceptors (Lipinski definition) is 3. The highest BCUT2D eigenvalue weighted by atomic mass is 35.5. The summed E-state index contributed by atoms with van der Waals surface area (Å²) in [5.41, 5.74) is 2.25. The van der Waals surface area contributed by atoms with Crippen LogP contribution in [0.25, 0.3) is 6.08 Å². The van der Waals surface area contributed by atoms with E-state index >= 15 is 0 Å². The molecule has 0 aromatic heterocycles. The first kappa shape index (κ1) is 22.4. The van der Waals surface area contributed by atoms with Gasteiger partial charge in [-0.2, -0.15) is 0 Å². The zero-order valence-electron chi connectivity index (χ0n) is 17.3. The first-order chi connectivity index (χ1) is 14.9. The second-order valence-corrected chi connectivity index (χ2v) is 7.68. The van der Waals surface area contributed by atoms with Crippen LogP contribution in [0.3, 0.4) is 0 Å². The highest BCUT2D eigenvalue weighted by Gasteiger charge is 2.21. The third kappa shape index (κ3) is 6.86. The summed E-state index contributed by atoms with van der Waals surface area (Å²) in [6.07, 6.45) is 3.99. The molecule has 0 unspecified atom stereocenters. The van der Waals surface area contributed by atoms with E-state index < -0.39 is 0 Å². The molecule has 0 aliphatic carbocycles. The van der Waals surface area contributed by atoms with E-state index in [9.17, 15) is 14.4 Å². The Morgan fingerprint density at radius 1 is 0.839 bits per heavy atom. The number of rotatable bonds is 4. The van der Waals surface area contributed by atoms with Crippen LogP contribution < -0.4 is 10.6 Å². The topological polar surface area (TPSA) is 81.8 Å². The van der Waals surface area contributed by atoms with Crippen molar-refractivity contribution >= 4 is 46.9 Å². The molecule has 31 heavy (non-hydrogen) atoms. The first-order valence-electron chi connectivity index (χ1n) is 10.1. The van der Waals surface area contributed by atoms with Gasteiger partial charge in [-0.3, -0.25) is 9.59 Å². The average Bonchev–Trinajstić information content (AvgIpc) is 3.01. The zero-order valence-corrected chi connectivity index (χ0v) is 18.1. The number of hydrogen-bond donors (Lipinski definition) is 2. The van der Waals surface area contributed by atoms with Gasteiger partial charge >= 0.3 is 6.03 Å². The Kier molecular flexibility index (Phi) is 7.67. The molecule has 1 aliphatic rings. The van der Waals surface area contributed by atoms with Crippen molar-refractivity contribution in [1.82, 2.24) is 9.80 Å². The Hall–Kier alpha value is -3.32. The minimum atomic E-state index is -0.188. The van der Waals surface area contributed by atoms with Crippen molar-refractivity contribution in [2.45, 2.75) is 13.3 Å².